The molecule has 2 heterocycles. The Labute approximate surface area is 108 Å². The molecule has 18 heavy (non-hydrogen) atoms. The van der Waals surface area contributed by atoms with Crippen LogP contribution in [0.15, 0.2) is 48.5 Å². The topological polar surface area (TPSA) is 12.0 Å². The van der Waals surface area contributed by atoms with Gasteiger partial charge in [-0.2, -0.15) is 0 Å². The van der Waals surface area contributed by atoms with Gasteiger partial charge in [0.1, 0.15) is 0 Å². The van der Waals surface area contributed by atoms with Gasteiger partial charge in [-0.05, 0) is 42.5 Å². The maximum Gasteiger partial charge on any atom is 0.0674 e. The summed E-state index contributed by atoms with van der Waals surface area (Å²) >= 11 is 0. The molecule has 0 fully saturated rings. The predicted molar refractivity (Wildman–Crippen MR) is 73.5 cm³/mol. The molecule has 0 spiro atoms. The van der Waals surface area contributed by atoms with Crippen molar-refractivity contribution in [1.82, 2.24) is 5.32 Å². The predicted octanol–water partition coefficient (Wildman–Crippen LogP) is 3.32. The van der Waals surface area contributed by atoms with E-state index in [4.69, 9.17) is 0 Å². The highest BCUT2D eigenvalue weighted by Gasteiger charge is 2.51. The van der Waals surface area contributed by atoms with Crippen molar-refractivity contribution in [1.29, 1.82) is 0 Å². The maximum atomic E-state index is 3.86. The monoisotopic (exact) mass is 235 g/mol. The molecule has 0 aliphatic carbocycles. The minimum Gasteiger partial charge on any atom is -0.294 e. The second-order valence-electron chi connectivity index (χ2n) is 5.96. The maximum absolute atomic E-state index is 3.86. The first kappa shape index (κ1) is 10.3. The third-order valence-electron chi connectivity index (χ3n) is 4.69. The van der Waals surface area contributed by atoms with Crippen molar-refractivity contribution in [3.8, 4) is 0 Å². The van der Waals surface area contributed by atoms with Crippen molar-refractivity contribution in [3.05, 3.63) is 70.8 Å². The van der Waals surface area contributed by atoms with E-state index in [1.807, 2.05) is 0 Å². The second-order valence-corrected chi connectivity index (χ2v) is 5.96. The Balaban J connectivity index is 2.09. The SMILES string of the molecule is C[C@@]12N[C@@](C)(Cc3ccccc31)c1ccccc12. The van der Waals surface area contributed by atoms with Gasteiger partial charge in [0.2, 0.25) is 0 Å². The second kappa shape index (κ2) is 3.04. The molecule has 0 aromatic heterocycles. The molecular formula is C17H17N. The van der Waals surface area contributed by atoms with E-state index in [1.165, 1.54) is 22.3 Å². The third-order valence-corrected chi connectivity index (χ3v) is 4.69. The molecule has 2 aromatic rings. The normalized spacial score (nSPS) is 31.9. The van der Waals surface area contributed by atoms with E-state index < -0.39 is 0 Å². The molecule has 0 saturated heterocycles. The lowest BCUT2D eigenvalue weighted by Gasteiger charge is -2.39. The summed E-state index contributed by atoms with van der Waals surface area (Å²) in [6.07, 6.45) is 1.08. The van der Waals surface area contributed by atoms with Gasteiger partial charge in [0, 0.05) is 5.54 Å². The highest BCUT2D eigenvalue weighted by Crippen LogP contribution is 2.50. The van der Waals surface area contributed by atoms with E-state index >= 15 is 0 Å². The van der Waals surface area contributed by atoms with Gasteiger partial charge in [-0.15, -0.1) is 0 Å². The van der Waals surface area contributed by atoms with Crippen LogP contribution in [0.1, 0.15) is 36.1 Å². The van der Waals surface area contributed by atoms with Gasteiger partial charge in [-0.3, -0.25) is 5.32 Å². The van der Waals surface area contributed by atoms with Crippen LogP contribution in [0.4, 0.5) is 0 Å². The van der Waals surface area contributed by atoms with Crippen molar-refractivity contribution < 1.29 is 0 Å². The molecule has 0 amide bonds. The average Bonchev–Trinajstić information content (AvgIpc) is 2.56. The molecule has 0 saturated carbocycles. The first-order valence-electron chi connectivity index (χ1n) is 6.61. The van der Waals surface area contributed by atoms with Gasteiger partial charge in [0.05, 0.1) is 5.54 Å². The van der Waals surface area contributed by atoms with E-state index in [-0.39, 0.29) is 11.1 Å². The molecule has 1 nitrogen and oxygen atoms in total. The zero-order valence-electron chi connectivity index (χ0n) is 10.8. The molecule has 2 bridgehead atoms. The van der Waals surface area contributed by atoms with E-state index in [1.54, 1.807) is 0 Å². The van der Waals surface area contributed by atoms with Gasteiger partial charge in [0.25, 0.3) is 0 Å². The molecule has 1 N–H and O–H groups in total. The van der Waals surface area contributed by atoms with Crippen LogP contribution in [0.5, 0.6) is 0 Å². The Kier molecular flexibility index (Phi) is 1.75. The van der Waals surface area contributed by atoms with Crippen LogP contribution in [0.3, 0.4) is 0 Å². The fraction of sp³-hybridized carbons (Fsp3) is 0.294. The summed E-state index contributed by atoms with van der Waals surface area (Å²) in [5.74, 6) is 0. The molecule has 90 valence electrons. The van der Waals surface area contributed by atoms with Gasteiger partial charge in [-0.1, -0.05) is 48.5 Å². The summed E-state index contributed by atoms with van der Waals surface area (Å²) < 4.78 is 0. The van der Waals surface area contributed by atoms with Crippen LogP contribution in [-0.2, 0) is 17.5 Å². The van der Waals surface area contributed by atoms with Gasteiger partial charge in [-0.25, -0.2) is 0 Å². The number of nitrogens with one attached hydrogen (secondary N) is 1. The van der Waals surface area contributed by atoms with Gasteiger partial charge in [0.15, 0.2) is 0 Å². The Bertz CT molecular complexity index is 646. The summed E-state index contributed by atoms with van der Waals surface area (Å²) in [6, 6.07) is 17.7. The fourth-order valence-electron chi connectivity index (χ4n) is 3.98. The van der Waals surface area contributed by atoms with E-state index in [0.29, 0.717) is 0 Å². The highest BCUT2D eigenvalue weighted by molar-refractivity contribution is 5.56. The van der Waals surface area contributed by atoms with Crippen molar-refractivity contribution in [2.45, 2.75) is 31.3 Å². The van der Waals surface area contributed by atoms with E-state index in [0.717, 1.165) is 6.42 Å². The first-order valence-corrected chi connectivity index (χ1v) is 6.61. The quantitative estimate of drug-likeness (QED) is 0.738. The summed E-state index contributed by atoms with van der Waals surface area (Å²) in [5, 5.41) is 3.86. The lowest BCUT2D eigenvalue weighted by Crippen LogP contribution is -2.50. The number of fused-ring (bicyclic) bond motifs is 7. The van der Waals surface area contributed by atoms with Gasteiger partial charge < -0.3 is 0 Å². The molecule has 0 unspecified atom stereocenters. The van der Waals surface area contributed by atoms with Crippen molar-refractivity contribution >= 4 is 0 Å². The average molecular weight is 235 g/mol. The van der Waals surface area contributed by atoms with Crippen LogP contribution >= 0.6 is 0 Å². The standard InChI is InChI=1S/C17H17N/c1-16-11-12-7-3-4-8-13(12)17(2,18-16)15-10-6-5-9-14(15)16/h3-10,18H,11H2,1-2H3/t16-,17+/m0/s1. The lowest BCUT2D eigenvalue weighted by molar-refractivity contribution is 0.287. The Hall–Kier alpha value is -1.60. The minimum atomic E-state index is -0.0276. The molecule has 2 atom stereocenters. The summed E-state index contributed by atoms with van der Waals surface area (Å²) in [4.78, 5) is 0. The summed E-state index contributed by atoms with van der Waals surface area (Å²) in [7, 11) is 0. The fourth-order valence-corrected chi connectivity index (χ4v) is 3.98. The van der Waals surface area contributed by atoms with Crippen LogP contribution in [0.25, 0.3) is 0 Å². The molecule has 1 heteroatoms. The molecule has 0 radical (unpaired) electrons. The lowest BCUT2D eigenvalue weighted by atomic mass is 9.80. The first-order chi connectivity index (χ1) is 8.63. The number of hydrogen-bond acceptors (Lipinski definition) is 1. The zero-order valence-corrected chi connectivity index (χ0v) is 10.8. The Morgan fingerprint density at radius 3 is 2.22 bits per heavy atom. The molecule has 2 aliphatic rings. The van der Waals surface area contributed by atoms with Crippen LogP contribution in [-0.4, -0.2) is 0 Å². The number of rotatable bonds is 0. The largest absolute Gasteiger partial charge is 0.294 e. The van der Waals surface area contributed by atoms with Crippen molar-refractivity contribution in [2.75, 3.05) is 0 Å². The third kappa shape index (κ3) is 1.06. The molecule has 2 aliphatic heterocycles. The highest BCUT2D eigenvalue weighted by atomic mass is 15.1. The van der Waals surface area contributed by atoms with Crippen molar-refractivity contribution in [3.63, 3.8) is 0 Å². The van der Waals surface area contributed by atoms with E-state index in [9.17, 15) is 0 Å². The van der Waals surface area contributed by atoms with Crippen LogP contribution in [0, 0.1) is 0 Å². The number of benzene rings is 2. The summed E-state index contributed by atoms with van der Waals surface area (Å²) in [6.45, 7) is 4.64. The van der Waals surface area contributed by atoms with Crippen LogP contribution < -0.4 is 5.32 Å². The number of hydrogen-bond donors (Lipinski definition) is 1. The smallest absolute Gasteiger partial charge is 0.0674 e. The Morgan fingerprint density at radius 1 is 0.833 bits per heavy atom. The van der Waals surface area contributed by atoms with Crippen LogP contribution in [0.2, 0.25) is 0 Å². The van der Waals surface area contributed by atoms with Gasteiger partial charge >= 0.3 is 0 Å². The Morgan fingerprint density at radius 2 is 1.44 bits per heavy atom. The molecule has 4 rings (SSSR count). The molecular weight excluding hydrogens is 218 g/mol. The van der Waals surface area contributed by atoms with Crippen molar-refractivity contribution in [2.24, 2.45) is 0 Å². The molecule has 2 aromatic carbocycles. The van der Waals surface area contributed by atoms with E-state index in [2.05, 4.69) is 67.7 Å². The summed E-state index contributed by atoms with van der Waals surface area (Å²) in [5.41, 5.74) is 5.88. The zero-order chi connectivity index (χ0) is 12.4. The minimum absolute atomic E-state index is 0.0276.